The highest BCUT2D eigenvalue weighted by atomic mass is 35.5. The summed E-state index contributed by atoms with van der Waals surface area (Å²) < 4.78 is 0. The highest BCUT2D eigenvalue weighted by Crippen LogP contribution is 2.27. The van der Waals surface area contributed by atoms with Crippen molar-refractivity contribution in [3.05, 3.63) is 28.8 Å². The van der Waals surface area contributed by atoms with Gasteiger partial charge in [-0.2, -0.15) is 0 Å². The van der Waals surface area contributed by atoms with E-state index in [4.69, 9.17) is 11.6 Å². The summed E-state index contributed by atoms with van der Waals surface area (Å²) in [5.41, 5.74) is 2.39. The fraction of sp³-hybridized carbons (Fsp3) is 0.600. The van der Waals surface area contributed by atoms with Crippen LogP contribution >= 0.6 is 11.6 Å². The quantitative estimate of drug-likeness (QED) is 0.795. The summed E-state index contributed by atoms with van der Waals surface area (Å²) in [6.07, 6.45) is 1.14. The standard InChI is InChI=1S/C15H25ClN2/c1-5-10-17-12(4)14-9-8-13(11-15(14)16)18(6-2)7-3/h8-9,11-12,17H,5-7,10H2,1-4H3. The summed E-state index contributed by atoms with van der Waals surface area (Å²) in [5.74, 6) is 0. The van der Waals surface area contributed by atoms with Gasteiger partial charge in [0.15, 0.2) is 0 Å². The van der Waals surface area contributed by atoms with E-state index in [1.165, 1.54) is 11.3 Å². The molecular formula is C15H25ClN2. The summed E-state index contributed by atoms with van der Waals surface area (Å²) in [6, 6.07) is 6.69. The van der Waals surface area contributed by atoms with Gasteiger partial charge in [0, 0.05) is 29.8 Å². The third kappa shape index (κ3) is 3.89. The molecule has 0 aliphatic heterocycles. The van der Waals surface area contributed by atoms with Gasteiger partial charge in [-0.15, -0.1) is 0 Å². The van der Waals surface area contributed by atoms with Crippen molar-refractivity contribution in [3.63, 3.8) is 0 Å². The Labute approximate surface area is 116 Å². The molecule has 0 bridgehead atoms. The molecule has 3 heteroatoms. The predicted octanol–water partition coefficient (Wildman–Crippen LogP) is 4.25. The Hall–Kier alpha value is -0.730. The van der Waals surface area contributed by atoms with E-state index in [0.717, 1.165) is 31.1 Å². The molecule has 0 saturated carbocycles. The van der Waals surface area contributed by atoms with Gasteiger partial charge in [0.2, 0.25) is 0 Å². The van der Waals surface area contributed by atoms with E-state index < -0.39 is 0 Å². The lowest BCUT2D eigenvalue weighted by Gasteiger charge is -2.23. The topological polar surface area (TPSA) is 15.3 Å². The first kappa shape index (κ1) is 15.3. The number of hydrogen-bond donors (Lipinski definition) is 1. The molecule has 0 aliphatic carbocycles. The highest BCUT2D eigenvalue weighted by Gasteiger charge is 2.11. The molecule has 1 aromatic carbocycles. The van der Waals surface area contributed by atoms with Gasteiger partial charge < -0.3 is 10.2 Å². The first-order valence-electron chi connectivity index (χ1n) is 6.91. The van der Waals surface area contributed by atoms with Gasteiger partial charge in [-0.3, -0.25) is 0 Å². The van der Waals surface area contributed by atoms with E-state index in [1.807, 2.05) is 0 Å². The second-order valence-corrected chi connectivity index (χ2v) is 4.96. The van der Waals surface area contributed by atoms with Crippen LogP contribution in [-0.2, 0) is 0 Å². The maximum Gasteiger partial charge on any atom is 0.0474 e. The number of hydrogen-bond acceptors (Lipinski definition) is 2. The summed E-state index contributed by atoms with van der Waals surface area (Å²) in [6.45, 7) is 11.7. The number of rotatable bonds is 7. The molecule has 1 atom stereocenters. The van der Waals surface area contributed by atoms with E-state index in [1.54, 1.807) is 0 Å². The minimum absolute atomic E-state index is 0.309. The van der Waals surface area contributed by atoms with Crippen molar-refractivity contribution >= 4 is 17.3 Å². The first-order chi connectivity index (χ1) is 8.63. The van der Waals surface area contributed by atoms with Crippen LogP contribution in [-0.4, -0.2) is 19.6 Å². The first-order valence-corrected chi connectivity index (χ1v) is 7.29. The van der Waals surface area contributed by atoms with Crippen molar-refractivity contribution in [1.29, 1.82) is 0 Å². The lowest BCUT2D eigenvalue weighted by Crippen LogP contribution is -2.22. The van der Waals surface area contributed by atoms with Crippen LogP contribution in [0.1, 0.15) is 45.7 Å². The molecule has 102 valence electrons. The maximum absolute atomic E-state index is 6.39. The third-order valence-electron chi connectivity index (χ3n) is 3.28. The van der Waals surface area contributed by atoms with Crippen LogP contribution in [0.4, 0.5) is 5.69 Å². The van der Waals surface area contributed by atoms with Crippen LogP contribution in [0.15, 0.2) is 18.2 Å². The normalized spacial score (nSPS) is 12.5. The minimum Gasteiger partial charge on any atom is -0.372 e. The number of nitrogens with zero attached hydrogens (tertiary/aromatic N) is 1. The Kier molecular flexibility index (Phi) is 6.51. The Balaban J connectivity index is 2.85. The number of halogens is 1. The molecule has 2 nitrogen and oxygen atoms in total. The van der Waals surface area contributed by atoms with Crippen LogP contribution in [0, 0.1) is 0 Å². The molecule has 0 aromatic heterocycles. The predicted molar refractivity (Wildman–Crippen MR) is 81.7 cm³/mol. The molecule has 1 rings (SSSR count). The number of benzene rings is 1. The summed E-state index contributed by atoms with van der Waals surface area (Å²) >= 11 is 6.39. The Morgan fingerprint density at radius 1 is 1.22 bits per heavy atom. The second kappa shape index (κ2) is 7.65. The molecule has 0 saturated heterocycles. The monoisotopic (exact) mass is 268 g/mol. The summed E-state index contributed by atoms with van der Waals surface area (Å²) in [7, 11) is 0. The average molecular weight is 269 g/mol. The van der Waals surface area contributed by atoms with Crippen LogP contribution in [0.5, 0.6) is 0 Å². The number of nitrogens with one attached hydrogen (secondary N) is 1. The van der Waals surface area contributed by atoms with Crippen molar-refractivity contribution < 1.29 is 0 Å². The summed E-state index contributed by atoms with van der Waals surface area (Å²) in [5, 5.41) is 4.32. The summed E-state index contributed by atoms with van der Waals surface area (Å²) in [4.78, 5) is 2.31. The van der Waals surface area contributed by atoms with Gasteiger partial charge in [-0.1, -0.05) is 24.6 Å². The van der Waals surface area contributed by atoms with Crippen LogP contribution in [0.3, 0.4) is 0 Å². The minimum atomic E-state index is 0.309. The fourth-order valence-corrected chi connectivity index (χ4v) is 2.46. The molecule has 0 aliphatic rings. The second-order valence-electron chi connectivity index (χ2n) is 4.55. The highest BCUT2D eigenvalue weighted by molar-refractivity contribution is 6.31. The van der Waals surface area contributed by atoms with E-state index in [-0.39, 0.29) is 0 Å². The third-order valence-corrected chi connectivity index (χ3v) is 3.61. The SMILES string of the molecule is CCCNC(C)c1ccc(N(CC)CC)cc1Cl. The lowest BCUT2D eigenvalue weighted by atomic mass is 10.1. The van der Waals surface area contributed by atoms with Gasteiger partial charge in [0.1, 0.15) is 0 Å². The molecule has 1 N–H and O–H groups in total. The van der Waals surface area contributed by atoms with Crippen molar-refractivity contribution in [2.24, 2.45) is 0 Å². The van der Waals surface area contributed by atoms with E-state index in [0.29, 0.717) is 6.04 Å². The largest absolute Gasteiger partial charge is 0.372 e. The van der Waals surface area contributed by atoms with Crippen LogP contribution < -0.4 is 10.2 Å². The van der Waals surface area contributed by atoms with Gasteiger partial charge >= 0.3 is 0 Å². The van der Waals surface area contributed by atoms with E-state index in [2.05, 4.69) is 56.1 Å². The molecule has 0 spiro atoms. The van der Waals surface area contributed by atoms with Gasteiger partial charge in [0.25, 0.3) is 0 Å². The van der Waals surface area contributed by atoms with Crippen molar-refractivity contribution in [2.75, 3.05) is 24.5 Å². The van der Waals surface area contributed by atoms with Crippen molar-refractivity contribution in [3.8, 4) is 0 Å². The molecule has 1 unspecified atom stereocenters. The van der Waals surface area contributed by atoms with E-state index >= 15 is 0 Å². The Morgan fingerprint density at radius 3 is 2.39 bits per heavy atom. The average Bonchev–Trinajstić information content (AvgIpc) is 2.37. The Bertz CT molecular complexity index is 362. The lowest BCUT2D eigenvalue weighted by molar-refractivity contribution is 0.571. The van der Waals surface area contributed by atoms with Gasteiger partial charge in [-0.25, -0.2) is 0 Å². The zero-order valence-electron chi connectivity index (χ0n) is 12.0. The molecular weight excluding hydrogens is 244 g/mol. The van der Waals surface area contributed by atoms with Gasteiger partial charge in [-0.05, 0) is 51.4 Å². The molecule has 0 radical (unpaired) electrons. The van der Waals surface area contributed by atoms with Crippen molar-refractivity contribution in [1.82, 2.24) is 5.32 Å². The molecule has 0 amide bonds. The molecule has 18 heavy (non-hydrogen) atoms. The van der Waals surface area contributed by atoms with E-state index in [9.17, 15) is 0 Å². The maximum atomic E-state index is 6.39. The van der Waals surface area contributed by atoms with Crippen molar-refractivity contribution in [2.45, 2.75) is 40.2 Å². The number of anilines is 1. The zero-order chi connectivity index (χ0) is 13.5. The van der Waals surface area contributed by atoms with Gasteiger partial charge in [0.05, 0.1) is 0 Å². The van der Waals surface area contributed by atoms with Crippen LogP contribution in [0.2, 0.25) is 5.02 Å². The molecule has 0 heterocycles. The zero-order valence-corrected chi connectivity index (χ0v) is 12.7. The fourth-order valence-electron chi connectivity index (χ4n) is 2.12. The Morgan fingerprint density at radius 2 is 1.89 bits per heavy atom. The smallest absolute Gasteiger partial charge is 0.0474 e. The molecule has 1 aromatic rings. The van der Waals surface area contributed by atoms with Crippen LogP contribution in [0.25, 0.3) is 0 Å². The molecule has 0 fully saturated rings.